The van der Waals surface area contributed by atoms with E-state index in [4.69, 9.17) is 4.74 Å². The molecule has 3 rings (SSSR count). The maximum absolute atomic E-state index is 13.0. The molecule has 0 aliphatic heterocycles. The molecule has 2 aromatic rings. The molecule has 0 bridgehead atoms. The molecule has 160 valence electrons. The first kappa shape index (κ1) is 21.9. The smallest absolute Gasteiger partial charge is 0.310 e. The summed E-state index contributed by atoms with van der Waals surface area (Å²) in [6, 6.07) is 10.5. The fraction of sp³-hybridized carbons (Fsp3) is 0.333. The van der Waals surface area contributed by atoms with Crippen LogP contribution in [-0.2, 0) is 24.3 Å². The van der Waals surface area contributed by atoms with E-state index in [2.05, 4.69) is 5.32 Å². The molecule has 1 N–H and O–H groups in total. The van der Waals surface area contributed by atoms with Gasteiger partial charge in [0.15, 0.2) is 6.61 Å². The van der Waals surface area contributed by atoms with E-state index in [1.807, 2.05) is 0 Å². The molecule has 2 unspecified atom stereocenters. The molecule has 1 amide bonds. The number of esters is 1. The molecule has 0 spiro atoms. The largest absolute Gasteiger partial charge is 0.455 e. The third-order valence-electron chi connectivity index (χ3n) is 4.97. The minimum atomic E-state index is -3.66. The maximum atomic E-state index is 13.0. The van der Waals surface area contributed by atoms with E-state index >= 15 is 0 Å². The first-order chi connectivity index (χ1) is 14.1. The third kappa shape index (κ3) is 4.85. The highest BCUT2D eigenvalue weighted by molar-refractivity contribution is 7.89. The summed E-state index contributed by atoms with van der Waals surface area (Å²) in [5.41, 5.74) is 1.70. The highest BCUT2D eigenvalue weighted by atomic mass is 32.2. The number of aryl methyl sites for hydroxylation is 1. The second-order valence-electron chi connectivity index (χ2n) is 7.42. The highest BCUT2D eigenvalue weighted by Gasteiger charge is 2.45. The number of rotatable bonds is 7. The summed E-state index contributed by atoms with van der Waals surface area (Å²) in [4.78, 5) is 24.4. The number of nitrogens with one attached hydrogen (secondary N) is 1. The van der Waals surface area contributed by atoms with E-state index in [-0.39, 0.29) is 28.2 Å². The topological polar surface area (TPSA) is 92.8 Å². The van der Waals surface area contributed by atoms with Crippen LogP contribution in [0.2, 0.25) is 0 Å². The van der Waals surface area contributed by atoms with Crippen LogP contribution in [0.5, 0.6) is 0 Å². The van der Waals surface area contributed by atoms with E-state index in [9.17, 15) is 22.4 Å². The van der Waals surface area contributed by atoms with Gasteiger partial charge in [-0.25, -0.2) is 17.1 Å². The molecule has 1 saturated carbocycles. The van der Waals surface area contributed by atoms with E-state index in [0.29, 0.717) is 12.0 Å². The van der Waals surface area contributed by atoms with Crippen molar-refractivity contribution in [3.63, 3.8) is 0 Å². The molecular formula is C21H23FN2O5S. The molecule has 7 nitrogen and oxygen atoms in total. The van der Waals surface area contributed by atoms with Crippen LogP contribution >= 0.6 is 0 Å². The zero-order chi connectivity index (χ0) is 22.1. The second kappa shape index (κ2) is 8.53. The molecule has 1 fully saturated rings. The molecule has 2 atom stereocenters. The Labute approximate surface area is 174 Å². The van der Waals surface area contributed by atoms with Gasteiger partial charge in [0.1, 0.15) is 5.82 Å². The summed E-state index contributed by atoms with van der Waals surface area (Å²) in [6.07, 6.45) is 0.593. The van der Waals surface area contributed by atoms with Gasteiger partial charge in [-0.2, -0.15) is 0 Å². The van der Waals surface area contributed by atoms with E-state index in [1.54, 1.807) is 31.2 Å². The van der Waals surface area contributed by atoms with Gasteiger partial charge in [-0.15, -0.1) is 0 Å². The molecule has 1 aliphatic rings. The number of carbonyl (C=O) groups is 2. The average Bonchev–Trinajstić information content (AvgIpc) is 3.49. The monoisotopic (exact) mass is 434 g/mol. The lowest BCUT2D eigenvalue weighted by Crippen LogP contribution is -2.24. The average molecular weight is 434 g/mol. The van der Waals surface area contributed by atoms with Gasteiger partial charge < -0.3 is 10.1 Å². The summed E-state index contributed by atoms with van der Waals surface area (Å²) in [5, 5.41) is 2.54. The Balaban J connectivity index is 1.55. The number of ether oxygens (including phenoxy) is 1. The Morgan fingerprint density at radius 1 is 1.17 bits per heavy atom. The number of carbonyl (C=O) groups excluding carboxylic acids is 2. The van der Waals surface area contributed by atoms with Crippen molar-refractivity contribution in [1.29, 1.82) is 0 Å². The summed E-state index contributed by atoms with van der Waals surface area (Å²) >= 11 is 0. The fourth-order valence-electron chi connectivity index (χ4n) is 3.13. The molecule has 0 saturated heterocycles. The quantitative estimate of drug-likeness (QED) is 0.677. The Morgan fingerprint density at radius 3 is 2.47 bits per heavy atom. The number of benzene rings is 2. The summed E-state index contributed by atoms with van der Waals surface area (Å²) < 4.78 is 43.9. The lowest BCUT2D eigenvalue weighted by atomic mass is 10.1. The van der Waals surface area contributed by atoms with Gasteiger partial charge in [0.25, 0.3) is 5.91 Å². The Bertz CT molecular complexity index is 1070. The first-order valence-electron chi connectivity index (χ1n) is 9.34. The van der Waals surface area contributed by atoms with E-state index in [0.717, 1.165) is 9.87 Å². The molecule has 30 heavy (non-hydrogen) atoms. The van der Waals surface area contributed by atoms with E-state index in [1.165, 1.54) is 32.3 Å². The predicted molar refractivity (Wildman–Crippen MR) is 109 cm³/mol. The van der Waals surface area contributed by atoms with Crippen LogP contribution in [0, 0.1) is 18.7 Å². The summed E-state index contributed by atoms with van der Waals surface area (Å²) in [6.45, 7) is 1.19. The Kier molecular flexibility index (Phi) is 6.23. The number of hydrogen-bond acceptors (Lipinski definition) is 5. The first-order valence-corrected chi connectivity index (χ1v) is 10.8. The van der Waals surface area contributed by atoms with Gasteiger partial charge in [-0.05, 0) is 54.7 Å². The fourth-order valence-corrected chi connectivity index (χ4v) is 4.27. The van der Waals surface area contributed by atoms with Gasteiger partial charge in [-0.3, -0.25) is 9.59 Å². The number of sulfonamides is 1. The normalized spacial score (nSPS) is 18.2. The number of halogens is 1. The van der Waals surface area contributed by atoms with Gasteiger partial charge >= 0.3 is 5.97 Å². The number of hydrogen-bond donors (Lipinski definition) is 1. The van der Waals surface area contributed by atoms with Crippen LogP contribution < -0.4 is 5.32 Å². The number of anilines is 1. The van der Waals surface area contributed by atoms with Crippen molar-refractivity contribution in [2.45, 2.75) is 24.2 Å². The van der Waals surface area contributed by atoms with Crippen molar-refractivity contribution in [3.05, 3.63) is 59.4 Å². The van der Waals surface area contributed by atoms with Crippen LogP contribution in [0.15, 0.2) is 47.4 Å². The predicted octanol–water partition coefficient (Wildman–Crippen LogP) is 2.67. The van der Waals surface area contributed by atoms with Gasteiger partial charge in [0, 0.05) is 19.8 Å². The summed E-state index contributed by atoms with van der Waals surface area (Å²) in [5.74, 6) is -1.77. The van der Waals surface area contributed by atoms with Gasteiger partial charge in [0.2, 0.25) is 10.0 Å². The number of nitrogens with zero attached hydrogens (tertiary/aromatic N) is 1. The molecule has 1 aliphatic carbocycles. The van der Waals surface area contributed by atoms with Crippen molar-refractivity contribution >= 4 is 27.6 Å². The van der Waals surface area contributed by atoms with Crippen molar-refractivity contribution in [1.82, 2.24) is 4.31 Å². The molecule has 9 heteroatoms. The van der Waals surface area contributed by atoms with Crippen molar-refractivity contribution in [3.8, 4) is 0 Å². The molecule has 0 radical (unpaired) electrons. The lowest BCUT2D eigenvalue weighted by molar-refractivity contribution is -0.148. The molecule has 0 aromatic heterocycles. The van der Waals surface area contributed by atoms with E-state index < -0.39 is 28.5 Å². The van der Waals surface area contributed by atoms with Crippen LogP contribution in [0.3, 0.4) is 0 Å². The minimum absolute atomic E-state index is 0.0305. The van der Waals surface area contributed by atoms with Crippen LogP contribution in [-0.4, -0.2) is 45.3 Å². The second-order valence-corrected chi connectivity index (χ2v) is 9.54. The van der Waals surface area contributed by atoms with Crippen molar-refractivity contribution < 1.29 is 27.1 Å². The number of amides is 1. The van der Waals surface area contributed by atoms with Crippen LogP contribution in [0.4, 0.5) is 10.1 Å². The SMILES string of the molecule is Cc1ccc(NC(=O)COC(=O)C2CC2c2ccc(F)cc2)cc1S(=O)(=O)N(C)C. The van der Waals surface area contributed by atoms with Gasteiger partial charge in [0.05, 0.1) is 10.8 Å². The molecule has 2 aromatic carbocycles. The Morgan fingerprint density at radius 2 is 1.83 bits per heavy atom. The zero-order valence-electron chi connectivity index (χ0n) is 16.9. The third-order valence-corrected chi connectivity index (χ3v) is 6.92. The molecule has 0 heterocycles. The lowest BCUT2D eigenvalue weighted by Gasteiger charge is -2.15. The van der Waals surface area contributed by atoms with Crippen molar-refractivity contribution in [2.75, 3.05) is 26.0 Å². The van der Waals surface area contributed by atoms with Gasteiger partial charge in [-0.1, -0.05) is 18.2 Å². The van der Waals surface area contributed by atoms with Crippen molar-refractivity contribution in [2.24, 2.45) is 5.92 Å². The highest BCUT2D eigenvalue weighted by Crippen LogP contribution is 2.48. The maximum Gasteiger partial charge on any atom is 0.310 e. The minimum Gasteiger partial charge on any atom is -0.455 e. The standard InChI is InChI=1S/C21H23FN2O5S/c1-13-4-9-16(10-19(13)30(27,28)24(2)3)23-20(25)12-29-21(26)18-11-17(18)14-5-7-15(22)8-6-14/h4-10,17-18H,11-12H2,1-3H3,(H,23,25). The van der Waals surface area contributed by atoms with Crippen LogP contribution in [0.25, 0.3) is 0 Å². The Hall–Kier alpha value is -2.78. The molecular weight excluding hydrogens is 411 g/mol. The van der Waals surface area contributed by atoms with Crippen LogP contribution in [0.1, 0.15) is 23.5 Å². The summed E-state index contributed by atoms with van der Waals surface area (Å²) in [7, 11) is -0.802. The zero-order valence-corrected chi connectivity index (χ0v) is 17.7.